The molecule has 0 aliphatic rings. The number of ether oxygens (including phenoxy) is 3. The van der Waals surface area contributed by atoms with Gasteiger partial charge in [-0.1, -0.05) is 6.92 Å². The second kappa shape index (κ2) is 7.90. The molecular formula is C16H21NO3S. The van der Waals surface area contributed by atoms with Gasteiger partial charge in [-0.15, -0.1) is 11.3 Å². The van der Waals surface area contributed by atoms with Gasteiger partial charge in [-0.05, 0) is 18.7 Å². The molecule has 114 valence electrons. The molecule has 0 aliphatic carbocycles. The van der Waals surface area contributed by atoms with Crippen LogP contribution >= 0.6 is 11.3 Å². The molecule has 0 fully saturated rings. The van der Waals surface area contributed by atoms with Crippen LogP contribution < -0.4 is 19.5 Å². The van der Waals surface area contributed by atoms with E-state index in [9.17, 15) is 0 Å². The summed E-state index contributed by atoms with van der Waals surface area (Å²) < 4.78 is 16.3. The zero-order chi connectivity index (χ0) is 15.1. The van der Waals surface area contributed by atoms with Crippen LogP contribution in [0.4, 0.5) is 0 Å². The highest BCUT2D eigenvalue weighted by Crippen LogP contribution is 2.28. The molecule has 1 N–H and O–H groups in total. The molecule has 2 rings (SSSR count). The molecule has 0 saturated carbocycles. The summed E-state index contributed by atoms with van der Waals surface area (Å²) in [6.07, 6.45) is 0. The number of hydrogen-bond donors (Lipinski definition) is 1. The highest BCUT2D eigenvalue weighted by molar-refractivity contribution is 7.11. The van der Waals surface area contributed by atoms with Crippen molar-refractivity contribution in [2.24, 2.45) is 0 Å². The number of hydrogen-bond acceptors (Lipinski definition) is 5. The molecule has 2 aromatic rings. The Morgan fingerprint density at radius 1 is 0.952 bits per heavy atom. The zero-order valence-corrected chi connectivity index (χ0v) is 13.5. The maximum atomic E-state index is 5.82. The minimum absolute atomic E-state index is 0.549. The van der Waals surface area contributed by atoms with Crippen LogP contribution in [0.5, 0.6) is 17.2 Å². The standard InChI is InChI=1S/C16H21NO3S/c1-4-17-10-15-5-6-16(21-15)11-20-14-8-12(18-2)7-13(9-14)19-3/h5-9,17H,4,10-11H2,1-3H3. The molecular weight excluding hydrogens is 286 g/mol. The second-order valence-electron chi connectivity index (χ2n) is 4.49. The lowest BCUT2D eigenvalue weighted by Gasteiger charge is -2.09. The van der Waals surface area contributed by atoms with Gasteiger partial charge in [-0.25, -0.2) is 0 Å². The van der Waals surface area contributed by atoms with Gasteiger partial charge in [0.25, 0.3) is 0 Å². The van der Waals surface area contributed by atoms with Gasteiger partial charge >= 0.3 is 0 Å². The van der Waals surface area contributed by atoms with Crippen LogP contribution in [0.2, 0.25) is 0 Å². The molecule has 1 aromatic heterocycles. The third-order valence-corrected chi connectivity index (χ3v) is 4.03. The minimum atomic E-state index is 0.549. The molecule has 0 amide bonds. The monoisotopic (exact) mass is 307 g/mol. The molecule has 0 spiro atoms. The van der Waals surface area contributed by atoms with Crippen molar-refractivity contribution in [1.82, 2.24) is 5.32 Å². The molecule has 4 nitrogen and oxygen atoms in total. The Labute approximate surface area is 129 Å². The fourth-order valence-electron chi connectivity index (χ4n) is 1.86. The van der Waals surface area contributed by atoms with Crippen molar-refractivity contribution in [1.29, 1.82) is 0 Å². The van der Waals surface area contributed by atoms with Crippen LogP contribution in [-0.4, -0.2) is 20.8 Å². The number of rotatable bonds is 8. The van der Waals surface area contributed by atoms with Gasteiger partial charge in [0.1, 0.15) is 23.9 Å². The smallest absolute Gasteiger partial charge is 0.127 e. The highest BCUT2D eigenvalue weighted by Gasteiger charge is 2.05. The van der Waals surface area contributed by atoms with Crippen molar-refractivity contribution < 1.29 is 14.2 Å². The average molecular weight is 307 g/mol. The van der Waals surface area contributed by atoms with Crippen molar-refractivity contribution in [3.63, 3.8) is 0 Å². The van der Waals surface area contributed by atoms with E-state index in [0.29, 0.717) is 6.61 Å². The third kappa shape index (κ3) is 4.65. The number of thiophene rings is 1. The first-order valence-corrected chi connectivity index (χ1v) is 7.71. The first-order chi connectivity index (χ1) is 10.2. The Bertz CT molecular complexity index is 546. The molecule has 5 heteroatoms. The normalized spacial score (nSPS) is 10.4. The summed E-state index contributed by atoms with van der Waals surface area (Å²) in [7, 11) is 3.26. The summed E-state index contributed by atoms with van der Waals surface area (Å²) in [4.78, 5) is 2.52. The van der Waals surface area contributed by atoms with E-state index in [1.807, 2.05) is 18.2 Å². The van der Waals surface area contributed by atoms with Crippen LogP contribution in [0.1, 0.15) is 16.7 Å². The minimum Gasteiger partial charge on any atom is -0.496 e. The van der Waals surface area contributed by atoms with E-state index in [-0.39, 0.29) is 0 Å². The summed E-state index contributed by atoms with van der Waals surface area (Å²) in [6.45, 7) is 4.54. The third-order valence-electron chi connectivity index (χ3n) is 2.97. The lowest BCUT2D eigenvalue weighted by atomic mass is 10.3. The zero-order valence-electron chi connectivity index (χ0n) is 12.6. The molecule has 21 heavy (non-hydrogen) atoms. The van der Waals surface area contributed by atoms with Gasteiger partial charge in [-0.2, -0.15) is 0 Å². The Morgan fingerprint density at radius 3 is 2.19 bits per heavy atom. The number of methoxy groups -OCH3 is 2. The van der Waals surface area contributed by atoms with Gasteiger partial charge in [-0.3, -0.25) is 0 Å². The predicted octanol–water partition coefficient (Wildman–Crippen LogP) is 3.45. The van der Waals surface area contributed by atoms with Crippen LogP contribution in [0.25, 0.3) is 0 Å². The van der Waals surface area contributed by atoms with Crippen LogP contribution in [-0.2, 0) is 13.2 Å². The first-order valence-electron chi connectivity index (χ1n) is 6.89. The topological polar surface area (TPSA) is 39.7 Å². The summed E-state index contributed by atoms with van der Waals surface area (Å²) in [5.74, 6) is 2.19. The highest BCUT2D eigenvalue weighted by atomic mass is 32.1. The van der Waals surface area contributed by atoms with E-state index >= 15 is 0 Å². The van der Waals surface area contributed by atoms with Gasteiger partial charge in [0.2, 0.25) is 0 Å². The summed E-state index contributed by atoms with van der Waals surface area (Å²) in [5, 5.41) is 3.32. The van der Waals surface area contributed by atoms with Crippen LogP contribution in [0.3, 0.4) is 0 Å². The van der Waals surface area contributed by atoms with Gasteiger partial charge < -0.3 is 19.5 Å². The molecule has 0 bridgehead atoms. The molecule has 1 aromatic carbocycles. The van der Waals surface area contributed by atoms with Crippen LogP contribution in [0, 0.1) is 0 Å². The molecule has 0 saturated heterocycles. The van der Waals surface area contributed by atoms with Crippen molar-refractivity contribution in [3.05, 3.63) is 40.1 Å². The van der Waals surface area contributed by atoms with Crippen LogP contribution in [0.15, 0.2) is 30.3 Å². The Balaban J connectivity index is 1.97. The maximum absolute atomic E-state index is 5.82. The van der Waals surface area contributed by atoms with Crippen molar-refractivity contribution in [3.8, 4) is 17.2 Å². The first kappa shape index (κ1) is 15.7. The predicted molar refractivity (Wildman–Crippen MR) is 85.6 cm³/mol. The van der Waals surface area contributed by atoms with E-state index in [1.165, 1.54) is 9.75 Å². The lowest BCUT2D eigenvalue weighted by molar-refractivity contribution is 0.303. The SMILES string of the molecule is CCNCc1ccc(COc2cc(OC)cc(OC)c2)s1. The van der Waals surface area contributed by atoms with E-state index in [4.69, 9.17) is 14.2 Å². The number of nitrogens with one attached hydrogen (secondary N) is 1. The fourth-order valence-corrected chi connectivity index (χ4v) is 2.76. The molecule has 0 radical (unpaired) electrons. The average Bonchev–Trinajstić information content (AvgIpc) is 2.98. The molecule has 0 aliphatic heterocycles. The van der Waals surface area contributed by atoms with Crippen molar-refractivity contribution in [2.45, 2.75) is 20.1 Å². The van der Waals surface area contributed by atoms with E-state index in [1.54, 1.807) is 25.6 Å². The van der Waals surface area contributed by atoms with E-state index in [0.717, 1.165) is 30.3 Å². The Hall–Kier alpha value is -1.72. The number of benzene rings is 1. The van der Waals surface area contributed by atoms with Gasteiger partial charge in [0.15, 0.2) is 0 Å². The second-order valence-corrected chi connectivity index (χ2v) is 5.74. The van der Waals surface area contributed by atoms with Crippen molar-refractivity contribution >= 4 is 11.3 Å². The van der Waals surface area contributed by atoms with Gasteiger partial charge in [0, 0.05) is 34.5 Å². The summed E-state index contributed by atoms with van der Waals surface area (Å²) >= 11 is 1.76. The largest absolute Gasteiger partial charge is 0.496 e. The molecule has 0 atom stereocenters. The van der Waals surface area contributed by atoms with Gasteiger partial charge in [0.05, 0.1) is 14.2 Å². The Morgan fingerprint density at radius 2 is 1.57 bits per heavy atom. The van der Waals surface area contributed by atoms with E-state index in [2.05, 4.69) is 24.4 Å². The summed E-state index contributed by atoms with van der Waals surface area (Å²) in [6, 6.07) is 9.78. The summed E-state index contributed by atoms with van der Waals surface area (Å²) in [5.41, 5.74) is 0. The van der Waals surface area contributed by atoms with E-state index < -0.39 is 0 Å². The lowest BCUT2D eigenvalue weighted by Crippen LogP contribution is -2.10. The van der Waals surface area contributed by atoms with Crippen molar-refractivity contribution in [2.75, 3.05) is 20.8 Å². The quantitative estimate of drug-likeness (QED) is 0.811. The fraction of sp³-hybridized carbons (Fsp3) is 0.375. The molecule has 0 unspecified atom stereocenters. The Kier molecular flexibility index (Phi) is 5.90. The maximum Gasteiger partial charge on any atom is 0.127 e. The molecule has 1 heterocycles.